The minimum Gasteiger partial charge on any atom is -0.337 e. The zero-order chi connectivity index (χ0) is 12.8. The number of hydrogen-bond acceptors (Lipinski definition) is 3. The highest BCUT2D eigenvalue weighted by Gasteiger charge is 2.14. The lowest BCUT2D eigenvalue weighted by Crippen LogP contribution is -2.34. The van der Waals surface area contributed by atoms with Crippen molar-refractivity contribution in [3.05, 3.63) is 18.2 Å². The summed E-state index contributed by atoms with van der Waals surface area (Å²) in [6, 6.07) is 0. The van der Waals surface area contributed by atoms with Gasteiger partial charge in [0.2, 0.25) is 0 Å². The molecule has 102 valence electrons. The number of nitrogens with zero attached hydrogens (tertiary/aromatic N) is 3. The predicted octanol–water partition coefficient (Wildman–Crippen LogP) is 1.63. The molecule has 0 aromatic carbocycles. The van der Waals surface area contributed by atoms with Crippen molar-refractivity contribution in [2.45, 2.75) is 32.7 Å². The van der Waals surface area contributed by atoms with Crippen LogP contribution < -0.4 is 5.32 Å². The summed E-state index contributed by atoms with van der Waals surface area (Å²) in [6.45, 7) is 8.15. The molecule has 0 radical (unpaired) electrons. The van der Waals surface area contributed by atoms with Gasteiger partial charge in [0.15, 0.2) is 0 Å². The van der Waals surface area contributed by atoms with E-state index in [1.165, 1.54) is 38.9 Å². The summed E-state index contributed by atoms with van der Waals surface area (Å²) in [6.07, 6.45) is 7.83. The maximum Gasteiger partial charge on any atom is 0.122 e. The van der Waals surface area contributed by atoms with Crippen molar-refractivity contribution in [1.82, 2.24) is 19.8 Å². The Bertz CT molecular complexity index is 339. The fourth-order valence-corrected chi connectivity index (χ4v) is 2.48. The highest BCUT2D eigenvalue weighted by Crippen LogP contribution is 2.15. The number of likely N-dealkylation sites (tertiary alicyclic amines) is 1. The van der Waals surface area contributed by atoms with Crippen LogP contribution in [-0.2, 0) is 13.6 Å². The highest BCUT2D eigenvalue weighted by atomic mass is 15.1. The van der Waals surface area contributed by atoms with Crippen molar-refractivity contribution in [3.63, 3.8) is 0 Å². The molecule has 4 nitrogen and oxygen atoms in total. The largest absolute Gasteiger partial charge is 0.337 e. The van der Waals surface area contributed by atoms with Crippen molar-refractivity contribution in [2.24, 2.45) is 13.0 Å². The molecule has 1 aliphatic heterocycles. The van der Waals surface area contributed by atoms with Crippen LogP contribution in [0.15, 0.2) is 12.4 Å². The van der Waals surface area contributed by atoms with Crippen LogP contribution in [0.25, 0.3) is 0 Å². The second-order valence-corrected chi connectivity index (χ2v) is 5.51. The Kier molecular flexibility index (Phi) is 5.20. The Hall–Kier alpha value is -0.870. The number of nitrogens with one attached hydrogen (secondary N) is 1. The van der Waals surface area contributed by atoms with Gasteiger partial charge in [-0.25, -0.2) is 4.98 Å². The van der Waals surface area contributed by atoms with Crippen LogP contribution in [-0.4, -0.2) is 40.6 Å². The Morgan fingerprint density at radius 1 is 1.39 bits per heavy atom. The number of imidazole rings is 1. The van der Waals surface area contributed by atoms with Crippen LogP contribution in [0.2, 0.25) is 0 Å². The second-order valence-electron chi connectivity index (χ2n) is 5.51. The second kappa shape index (κ2) is 6.90. The summed E-state index contributed by atoms with van der Waals surface area (Å²) in [5, 5.41) is 3.47. The van der Waals surface area contributed by atoms with E-state index in [-0.39, 0.29) is 0 Å². The molecule has 0 bridgehead atoms. The molecule has 18 heavy (non-hydrogen) atoms. The normalized spacial score (nSPS) is 18.3. The maximum atomic E-state index is 4.30. The first kappa shape index (κ1) is 13.6. The lowest BCUT2D eigenvalue weighted by molar-refractivity contribution is 0.190. The Morgan fingerprint density at radius 3 is 2.83 bits per heavy atom. The van der Waals surface area contributed by atoms with Crippen LogP contribution in [0.4, 0.5) is 0 Å². The van der Waals surface area contributed by atoms with E-state index in [0.717, 1.165) is 24.8 Å². The van der Waals surface area contributed by atoms with Gasteiger partial charge in [-0.1, -0.05) is 6.92 Å². The summed E-state index contributed by atoms with van der Waals surface area (Å²) in [7, 11) is 2.04. The number of piperidine rings is 1. The topological polar surface area (TPSA) is 33.1 Å². The van der Waals surface area contributed by atoms with E-state index < -0.39 is 0 Å². The quantitative estimate of drug-likeness (QED) is 0.779. The van der Waals surface area contributed by atoms with Gasteiger partial charge in [0.05, 0.1) is 6.54 Å². The molecule has 1 fully saturated rings. The summed E-state index contributed by atoms with van der Waals surface area (Å²) < 4.78 is 2.07. The van der Waals surface area contributed by atoms with Gasteiger partial charge in [-0.2, -0.15) is 0 Å². The molecule has 0 saturated carbocycles. The van der Waals surface area contributed by atoms with E-state index in [1.54, 1.807) is 0 Å². The van der Waals surface area contributed by atoms with E-state index in [9.17, 15) is 0 Å². The molecule has 4 heteroatoms. The van der Waals surface area contributed by atoms with Crippen molar-refractivity contribution < 1.29 is 0 Å². The number of aromatic nitrogens is 2. The third-order valence-electron chi connectivity index (χ3n) is 3.91. The monoisotopic (exact) mass is 250 g/mol. The van der Waals surface area contributed by atoms with Crippen LogP contribution in [0.1, 0.15) is 32.0 Å². The van der Waals surface area contributed by atoms with Gasteiger partial charge in [0, 0.05) is 19.4 Å². The van der Waals surface area contributed by atoms with Crippen molar-refractivity contribution in [2.75, 3.05) is 26.2 Å². The summed E-state index contributed by atoms with van der Waals surface area (Å²) in [5.41, 5.74) is 0. The Labute approximate surface area is 110 Å². The molecule has 1 N–H and O–H groups in total. The number of aryl methyl sites for hydroxylation is 1. The van der Waals surface area contributed by atoms with E-state index in [0.29, 0.717) is 0 Å². The maximum absolute atomic E-state index is 4.30. The molecule has 0 unspecified atom stereocenters. The minimum atomic E-state index is 0.876. The molecule has 0 atom stereocenters. The molecule has 1 aromatic rings. The van der Waals surface area contributed by atoms with Gasteiger partial charge >= 0.3 is 0 Å². The third kappa shape index (κ3) is 4.10. The third-order valence-corrected chi connectivity index (χ3v) is 3.91. The van der Waals surface area contributed by atoms with Gasteiger partial charge < -0.3 is 14.8 Å². The summed E-state index contributed by atoms with van der Waals surface area (Å²) in [4.78, 5) is 6.90. The molecule has 2 heterocycles. The van der Waals surface area contributed by atoms with Crippen LogP contribution in [0.5, 0.6) is 0 Å². The minimum absolute atomic E-state index is 0.876. The van der Waals surface area contributed by atoms with E-state index in [2.05, 4.69) is 26.7 Å². The fraction of sp³-hybridized carbons (Fsp3) is 0.786. The standard InChI is InChI=1S/C14H26N4/c1-13-4-9-18(10-5-13)8-3-6-15-12-14-16-7-11-17(14)2/h7,11,13,15H,3-6,8-10,12H2,1-2H3. The van der Waals surface area contributed by atoms with Crippen LogP contribution >= 0.6 is 0 Å². The molecule has 2 rings (SSSR count). The Balaban J connectivity index is 1.53. The molecule has 1 aromatic heterocycles. The molecule has 1 aliphatic rings. The van der Waals surface area contributed by atoms with E-state index >= 15 is 0 Å². The first-order valence-corrected chi connectivity index (χ1v) is 7.15. The summed E-state index contributed by atoms with van der Waals surface area (Å²) >= 11 is 0. The average Bonchev–Trinajstić information content (AvgIpc) is 2.77. The number of hydrogen-bond donors (Lipinski definition) is 1. The predicted molar refractivity (Wildman–Crippen MR) is 74.4 cm³/mol. The first-order chi connectivity index (χ1) is 8.75. The van der Waals surface area contributed by atoms with Gasteiger partial charge in [0.1, 0.15) is 5.82 Å². The molecule has 0 spiro atoms. The average molecular weight is 250 g/mol. The fourth-order valence-electron chi connectivity index (χ4n) is 2.48. The highest BCUT2D eigenvalue weighted by molar-refractivity contribution is 4.90. The zero-order valence-corrected chi connectivity index (χ0v) is 11.7. The molecular formula is C14H26N4. The van der Waals surface area contributed by atoms with Gasteiger partial charge in [0.25, 0.3) is 0 Å². The molecule has 0 amide bonds. The lowest BCUT2D eigenvalue weighted by atomic mass is 9.99. The first-order valence-electron chi connectivity index (χ1n) is 7.15. The molecule has 0 aliphatic carbocycles. The molecular weight excluding hydrogens is 224 g/mol. The molecule has 1 saturated heterocycles. The van der Waals surface area contributed by atoms with Crippen molar-refractivity contribution in [3.8, 4) is 0 Å². The van der Waals surface area contributed by atoms with Crippen LogP contribution in [0.3, 0.4) is 0 Å². The zero-order valence-electron chi connectivity index (χ0n) is 11.7. The van der Waals surface area contributed by atoms with Crippen molar-refractivity contribution in [1.29, 1.82) is 0 Å². The smallest absolute Gasteiger partial charge is 0.122 e. The van der Waals surface area contributed by atoms with Gasteiger partial charge in [-0.3, -0.25) is 0 Å². The summed E-state index contributed by atoms with van der Waals surface area (Å²) in [5.74, 6) is 2.05. The van der Waals surface area contributed by atoms with Crippen molar-refractivity contribution >= 4 is 0 Å². The van der Waals surface area contributed by atoms with E-state index in [4.69, 9.17) is 0 Å². The SMILES string of the molecule is CC1CCN(CCCNCc2nccn2C)CC1. The van der Waals surface area contributed by atoms with Crippen LogP contribution in [0, 0.1) is 5.92 Å². The Morgan fingerprint density at radius 2 is 2.17 bits per heavy atom. The number of rotatable bonds is 6. The lowest BCUT2D eigenvalue weighted by Gasteiger charge is -2.30. The van der Waals surface area contributed by atoms with Gasteiger partial charge in [-0.15, -0.1) is 0 Å². The van der Waals surface area contributed by atoms with Gasteiger partial charge in [-0.05, 0) is 51.4 Å². The van der Waals surface area contributed by atoms with E-state index in [1.807, 2.05) is 19.4 Å².